The third kappa shape index (κ3) is 3.16. The summed E-state index contributed by atoms with van der Waals surface area (Å²) in [6.45, 7) is 13.4. The van der Waals surface area contributed by atoms with Crippen molar-refractivity contribution in [3.63, 3.8) is 0 Å². The number of rotatable bonds is 5. The van der Waals surface area contributed by atoms with E-state index in [0.717, 1.165) is 17.7 Å². The van der Waals surface area contributed by atoms with Gasteiger partial charge in [-0.1, -0.05) is 45.1 Å². The maximum absolute atomic E-state index is 12.9. The fraction of sp³-hybridized carbons (Fsp3) is 0.467. The van der Waals surface area contributed by atoms with Gasteiger partial charge in [0, 0.05) is 11.5 Å². The molecule has 1 aromatic carbocycles. The van der Waals surface area contributed by atoms with E-state index in [1.807, 2.05) is 19.1 Å². The van der Waals surface area contributed by atoms with Crippen molar-refractivity contribution in [3.05, 3.63) is 47.8 Å². The van der Waals surface area contributed by atoms with Crippen molar-refractivity contribution in [2.45, 2.75) is 39.2 Å². The molecule has 0 heterocycles. The molecule has 1 nitrogen and oxygen atoms in total. The van der Waals surface area contributed by atoms with E-state index in [1.165, 1.54) is 12.1 Å². The summed E-state index contributed by atoms with van der Waals surface area (Å²) < 4.78 is 12.9. The van der Waals surface area contributed by atoms with E-state index in [1.54, 1.807) is 0 Å². The van der Waals surface area contributed by atoms with Gasteiger partial charge < -0.3 is 5.32 Å². The molecule has 0 saturated carbocycles. The second-order valence-corrected chi connectivity index (χ2v) is 5.07. The lowest BCUT2D eigenvalue weighted by Crippen LogP contribution is -2.45. The van der Waals surface area contributed by atoms with Gasteiger partial charge in [0.25, 0.3) is 0 Å². The molecule has 1 rings (SSSR count). The van der Waals surface area contributed by atoms with Crippen LogP contribution in [0.15, 0.2) is 36.4 Å². The van der Waals surface area contributed by atoms with Gasteiger partial charge in [0.1, 0.15) is 5.82 Å². The SMILES string of the molecule is C=C(C)C(NCC)C(C)(C)c1ccc(F)cc1. The lowest BCUT2D eigenvalue weighted by atomic mass is 9.75. The van der Waals surface area contributed by atoms with Gasteiger partial charge in [-0.3, -0.25) is 0 Å². The zero-order valence-electron chi connectivity index (χ0n) is 11.2. The largest absolute Gasteiger partial charge is 0.310 e. The average Bonchev–Trinajstić information content (AvgIpc) is 2.25. The zero-order valence-corrected chi connectivity index (χ0v) is 11.2. The zero-order chi connectivity index (χ0) is 13.1. The molecule has 0 amide bonds. The highest BCUT2D eigenvalue weighted by Gasteiger charge is 2.31. The normalized spacial score (nSPS) is 13.5. The van der Waals surface area contributed by atoms with Crippen LogP contribution >= 0.6 is 0 Å². The minimum atomic E-state index is -0.195. The van der Waals surface area contributed by atoms with Crippen molar-refractivity contribution < 1.29 is 4.39 Å². The summed E-state index contributed by atoms with van der Waals surface area (Å²) in [5.41, 5.74) is 2.12. The summed E-state index contributed by atoms with van der Waals surface area (Å²) in [5, 5.41) is 3.44. The first-order valence-corrected chi connectivity index (χ1v) is 6.04. The fourth-order valence-electron chi connectivity index (χ4n) is 2.30. The van der Waals surface area contributed by atoms with Crippen molar-refractivity contribution in [1.29, 1.82) is 0 Å². The Morgan fingerprint density at radius 2 is 1.88 bits per heavy atom. The number of hydrogen-bond donors (Lipinski definition) is 1. The molecule has 0 spiro atoms. The molecule has 0 aliphatic heterocycles. The van der Waals surface area contributed by atoms with Crippen LogP contribution in [0.2, 0.25) is 0 Å². The molecular weight excluding hydrogens is 213 g/mol. The maximum Gasteiger partial charge on any atom is 0.123 e. The molecule has 0 radical (unpaired) electrons. The molecule has 1 unspecified atom stereocenters. The molecule has 0 fully saturated rings. The van der Waals surface area contributed by atoms with Crippen molar-refractivity contribution in [3.8, 4) is 0 Å². The molecular formula is C15H22FN. The van der Waals surface area contributed by atoms with Crippen LogP contribution in [0.5, 0.6) is 0 Å². The van der Waals surface area contributed by atoms with E-state index in [4.69, 9.17) is 0 Å². The molecule has 1 aromatic rings. The van der Waals surface area contributed by atoms with Gasteiger partial charge in [-0.25, -0.2) is 4.39 Å². The topological polar surface area (TPSA) is 12.0 Å². The number of hydrogen-bond acceptors (Lipinski definition) is 1. The standard InChI is InChI=1S/C15H22FN/c1-6-17-14(11(2)3)15(4,5)12-7-9-13(16)10-8-12/h7-10,14,17H,2,6H2,1,3-5H3. The Morgan fingerprint density at radius 1 is 1.35 bits per heavy atom. The van der Waals surface area contributed by atoms with Gasteiger partial charge >= 0.3 is 0 Å². The second kappa shape index (κ2) is 5.46. The Morgan fingerprint density at radius 3 is 2.29 bits per heavy atom. The number of halogens is 1. The summed E-state index contributed by atoms with van der Waals surface area (Å²) in [7, 11) is 0. The number of nitrogens with one attached hydrogen (secondary N) is 1. The van der Waals surface area contributed by atoms with E-state index in [2.05, 4.69) is 32.7 Å². The summed E-state index contributed by atoms with van der Waals surface area (Å²) in [6.07, 6.45) is 0. The minimum Gasteiger partial charge on any atom is -0.310 e. The Kier molecular flexibility index (Phi) is 4.47. The first kappa shape index (κ1) is 13.9. The van der Waals surface area contributed by atoms with Crippen molar-refractivity contribution in [2.75, 3.05) is 6.54 Å². The first-order valence-electron chi connectivity index (χ1n) is 6.04. The van der Waals surface area contributed by atoms with Crippen LogP contribution in [0.1, 0.15) is 33.3 Å². The van der Waals surface area contributed by atoms with Crippen LogP contribution < -0.4 is 5.32 Å². The van der Waals surface area contributed by atoms with Crippen LogP contribution in [-0.2, 0) is 5.41 Å². The van der Waals surface area contributed by atoms with Gasteiger partial charge in [-0.05, 0) is 31.2 Å². The van der Waals surface area contributed by atoms with E-state index in [9.17, 15) is 4.39 Å². The molecule has 1 N–H and O–H groups in total. The minimum absolute atomic E-state index is 0.102. The Bertz CT molecular complexity index is 378. The molecule has 1 atom stereocenters. The molecule has 0 bridgehead atoms. The molecule has 0 aromatic heterocycles. The number of likely N-dealkylation sites (N-methyl/N-ethyl adjacent to an activating group) is 1. The van der Waals surface area contributed by atoms with Crippen LogP contribution in [0.3, 0.4) is 0 Å². The van der Waals surface area contributed by atoms with Gasteiger partial charge in [0.15, 0.2) is 0 Å². The van der Waals surface area contributed by atoms with Crippen LogP contribution in [0.25, 0.3) is 0 Å². The average molecular weight is 235 g/mol. The van der Waals surface area contributed by atoms with Crippen LogP contribution in [0, 0.1) is 5.82 Å². The molecule has 17 heavy (non-hydrogen) atoms. The molecule has 0 aliphatic rings. The summed E-state index contributed by atoms with van der Waals surface area (Å²) in [6, 6.07) is 6.92. The van der Waals surface area contributed by atoms with Gasteiger partial charge in [-0.2, -0.15) is 0 Å². The highest BCUT2D eigenvalue weighted by Crippen LogP contribution is 2.30. The highest BCUT2D eigenvalue weighted by atomic mass is 19.1. The second-order valence-electron chi connectivity index (χ2n) is 5.07. The third-order valence-electron chi connectivity index (χ3n) is 3.21. The lowest BCUT2D eigenvalue weighted by Gasteiger charge is -2.36. The molecule has 0 aliphatic carbocycles. The van der Waals surface area contributed by atoms with Crippen molar-refractivity contribution >= 4 is 0 Å². The highest BCUT2D eigenvalue weighted by molar-refractivity contribution is 5.30. The van der Waals surface area contributed by atoms with Crippen molar-refractivity contribution in [1.82, 2.24) is 5.32 Å². The summed E-state index contributed by atoms with van der Waals surface area (Å²) in [5.74, 6) is -0.195. The van der Waals surface area contributed by atoms with E-state index >= 15 is 0 Å². The lowest BCUT2D eigenvalue weighted by molar-refractivity contribution is 0.385. The van der Waals surface area contributed by atoms with E-state index < -0.39 is 0 Å². The summed E-state index contributed by atoms with van der Waals surface area (Å²) >= 11 is 0. The Hall–Kier alpha value is -1.15. The smallest absolute Gasteiger partial charge is 0.123 e. The van der Waals surface area contributed by atoms with Crippen molar-refractivity contribution in [2.24, 2.45) is 0 Å². The molecule has 2 heteroatoms. The first-order chi connectivity index (χ1) is 7.89. The van der Waals surface area contributed by atoms with Gasteiger partial charge in [-0.15, -0.1) is 0 Å². The predicted octanol–water partition coefficient (Wildman–Crippen LogP) is 3.66. The third-order valence-corrected chi connectivity index (χ3v) is 3.21. The van der Waals surface area contributed by atoms with Gasteiger partial charge in [0.05, 0.1) is 0 Å². The summed E-state index contributed by atoms with van der Waals surface area (Å²) in [4.78, 5) is 0. The Balaban J connectivity index is 3.06. The van der Waals surface area contributed by atoms with Crippen LogP contribution in [-0.4, -0.2) is 12.6 Å². The quantitative estimate of drug-likeness (QED) is 0.768. The molecule has 0 saturated heterocycles. The fourth-order valence-corrected chi connectivity index (χ4v) is 2.30. The van der Waals surface area contributed by atoms with E-state index in [0.29, 0.717) is 0 Å². The Labute approximate surface area is 104 Å². The maximum atomic E-state index is 12.9. The van der Waals surface area contributed by atoms with Gasteiger partial charge in [0.2, 0.25) is 0 Å². The predicted molar refractivity (Wildman–Crippen MR) is 71.7 cm³/mol. The monoisotopic (exact) mass is 235 g/mol. The van der Waals surface area contributed by atoms with E-state index in [-0.39, 0.29) is 17.3 Å². The van der Waals surface area contributed by atoms with Crippen LogP contribution in [0.4, 0.5) is 4.39 Å². The molecule has 94 valence electrons. The number of benzene rings is 1.